The van der Waals surface area contributed by atoms with Crippen LogP contribution in [0.1, 0.15) is 51.9 Å². The summed E-state index contributed by atoms with van der Waals surface area (Å²) in [6.45, 7) is 5.39. The van der Waals surface area contributed by atoms with Crippen molar-refractivity contribution in [3.05, 3.63) is 106 Å². The molecular weight excluding hydrogens is 534 g/mol. The fraction of sp³-hybridized carbons (Fsp3) is 0.194. The van der Waals surface area contributed by atoms with E-state index >= 15 is 0 Å². The Morgan fingerprint density at radius 2 is 1.77 bits per heavy atom. The van der Waals surface area contributed by atoms with Crippen LogP contribution in [0.3, 0.4) is 0 Å². The number of anilines is 1. The van der Waals surface area contributed by atoms with Gasteiger partial charge in [0, 0.05) is 22.2 Å². The number of halogens is 1. The van der Waals surface area contributed by atoms with E-state index in [1.807, 2.05) is 25.1 Å². The van der Waals surface area contributed by atoms with Crippen LogP contribution in [0, 0.1) is 6.92 Å². The Hall–Kier alpha value is -4.56. The second kappa shape index (κ2) is 10.5. The Kier molecular flexibility index (Phi) is 7.12. The second-order valence-corrected chi connectivity index (χ2v) is 10.2. The SMILES string of the molecule is COc1cc(Cl)cc2cc(C(=O)C3=C(O)C(=O)N(c4ccc(C(=O)OC(C)C)cc4)C3c3cccc(C)c3)oc12. The number of ketones is 1. The number of esters is 1. The number of nitrogens with zero attached hydrogens (tertiary/aromatic N) is 1. The van der Waals surface area contributed by atoms with Crippen LogP contribution in [0.2, 0.25) is 5.02 Å². The number of aliphatic hydroxyl groups is 1. The molecule has 0 fully saturated rings. The van der Waals surface area contributed by atoms with Gasteiger partial charge in [-0.2, -0.15) is 0 Å². The van der Waals surface area contributed by atoms with Gasteiger partial charge in [-0.1, -0.05) is 41.4 Å². The van der Waals surface area contributed by atoms with Crippen molar-refractivity contribution in [3.63, 3.8) is 0 Å². The molecule has 1 aliphatic rings. The number of benzene rings is 3. The number of aliphatic hydroxyl groups excluding tert-OH is 1. The first-order chi connectivity index (χ1) is 19.1. The van der Waals surface area contributed by atoms with E-state index in [2.05, 4.69) is 0 Å². The molecule has 2 heterocycles. The molecule has 3 aromatic carbocycles. The monoisotopic (exact) mass is 559 g/mol. The standard InChI is InChI=1S/C31H26ClNO7/c1-16(2)39-31(37)18-8-10-22(11-9-18)33-26(19-7-5-6-17(3)12-19)25(28(35)30(33)36)27(34)23-14-20-13-21(32)15-24(38-4)29(20)40-23/h5-16,26,35H,1-4H3. The predicted octanol–water partition coefficient (Wildman–Crippen LogP) is 6.75. The van der Waals surface area contributed by atoms with E-state index in [1.54, 1.807) is 44.2 Å². The molecule has 0 saturated heterocycles. The number of ether oxygens (including phenoxy) is 2. The van der Waals surface area contributed by atoms with Gasteiger partial charge >= 0.3 is 5.97 Å². The number of hydrogen-bond acceptors (Lipinski definition) is 7. The summed E-state index contributed by atoms with van der Waals surface area (Å²) in [6, 6.07) is 17.3. The van der Waals surface area contributed by atoms with Crippen LogP contribution >= 0.6 is 11.6 Å². The minimum Gasteiger partial charge on any atom is -0.503 e. The highest BCUT2D eigenvalue weighted by Gasteiger charge is 2.45. The summed E-state index contributed by atoms with van der Waals surface area (Å²) in [4.78, 5) is 41.1. The number of Topliss-reactive ketones (excluding diaryl/α,β-unsaturated/α-hetero) is 1. The minimum atomic E-state index is -0.966. The van der Waals surface area contributed by atoms with Gasteiger partial charge in [-0.25, -0.2) is 4.79 Å². The number of carbonyl (C=O) groups excluding carboxylic acids is 3. The number of rotatable bonds is 7. The number of fused-ring (bicyclic) bond motifs is 1. The van der Waals surface area contributed by atoms with Crippen molar-refractivity contribution >= 4 is 45.9 Å². The van der Waals surface area contributed by atoms with Crippen molar-refractivity contribution < 1.29 is 33.4 Å². The lowest BCUT2D eigenvalue weighted by atomic mass is 9.93. The topological polar surface area (TPSA) is 106 Å². The van der Waals surface area contributed by atoms with Gasteiger partial charge in [0.15, 0.2) is 22.9 Å². The molecule has 40 heavy (non-hydrogen) atoms. The van der Waals surface area contributed by atoms with Crippen LogP contribution in [0.5, 0.6) is 5.75 Å². The molecule has 0 bridgehead atoms. The number of methoxy groups -OCH3 is 1. The predicted molar refractivity (Wildman–Crippen MR) is 150 cm³/mol. The van der Waals surface area contributed by atoms with Crippen LogP contribution in [-0.2, 0) is 9.53 Å². The van der Waals surface area contributed by atoms with E-state index < -0.39 is 29.5 Å². The summed E-state index contributed by atoms with van der Waals surface area (Å²) in [5.74, 6) is -2.35. The van der Waals surface area contributed by atoms with E-state index in [9.17, 15) is 19.5 Å². The maximum atomic E-state index is 13.9. The number of aryl methyl sites for hydroxylation is 1. The van der Waals surface area contributed by atoms with Crippen LogP contribution in [0.4, 0.5) is 5.69 Å². The van der Waals surface area contributed by atoms with Crippen LogP contribution in [-0.4, -0.2) is 36.0 Å². The average molecular weight is 560 g/mol. The Bertz CT molecular complexity index is 1680. The largest absolute Gasteiger partial charge is 0.503 e. The molecule has 204 valence electrons. The molecule has 0 aliphatic carbocycles. The molecule has 1 N–H and O–H groups in total. The van der Waals surface area contributed by atoms with Gasteiger partial charge in [0.2, 0.25) is 5.78 Å². The molecule has 1 aromatic heterocycles. The molecule has 1 aliphatic heterocycles. The fourth-order valence-electron chi connectivity index (χ4n) is 4.78. The molecule has 9 heteroatoms. The normalized spacial score (nSPS) is 15.3. The number of amides is 1. The summed E-state index contributed by atoms with van der Waals surface area (Å²) < 4.78 is 16.5. The summed E-state index contributed by atoms with van der Waals surface area (Å²) in [7, 11) is 1.46. The van der Waals surface area contributed by atoms with Gasteiger partial charge in [-0.15, -0.1) is 0 Å². The van der Waals surface area contributed by atoms with E-state index in [-0.39, 0.29) is 17.4 Å². The zero-order valence-electron chi connectivity index (χ0n) is 22.2. The molecule has 5 rings (SSSR count). The van der Waals surface area contributed by atoms with Crippen molar-refractivity contribution in [2.45, 2.75) is 32.9 Å². The second-order valence-electron chi connectivity index (χ2n) is 9.72. The zero-order chi connectivity index (χ0) is 28.7. The molecule has 0 radical (unpaired) electrons. The lowest BCUT2D eigenvalue weighted by molar-refractivity contribution is -0.117. The molecule has 8 nitrogen and oxygen atoms in total. The van der Waals surface area contributed by atoms with Gasteiger partial charge in [0.25, 0.3) is 5.91 Å². The van der Waals surface area contributed by atoms with Gasteiger partial charge in [-0.3, -0.25) is 14.5 Å². The number of hydrogen-bond donors (Lipinski definition) is 1. The Balaban J connectivity index is 1.60. The third-order valence-corrected chi connectivity index (χ3v) is 6.74. The third-order valence-electron chi connectivity index (χ3n) is 6.53. The molecular formula is C31H26ClNO7. The Labute approximate surface area is 235 Å². The highest BCUT2D eigenvalue weighted by Crippen LogP contribution is 2.43. The third kappa shape index (κ3) is 4.82. The molecule has 4 aromatic rings. The first kappa shape index (κ1) is 27.0. The van der Waals surface area contributed by atoms with Gasteiger partial charge in [0.1, 0.15) is 0 Å². The van der Waals surface area contributed by atoms with Crippen LogP contribution in [0.15, 0.2) is 82.5 Å². The number of carbonyl (C=O) groups is 3. The van der Waals surface area contributed by atoms with Crippen molar-refractivity contribution in [1.29, 1.82) is 0 Å². The maximum Gasteiger partial charge on any atom is 0.338 e. The zero-order valence-corrected chi connectivity index (χ0v) is 23.0. The minimum absolute atomic E-state index is 0.0869. The van der Waals surface area contributed by atoms with E-state index in [1.165, 1.54) is 30.2 Å². The number of furan rings is 1. The van der Waals surface area contributed by atoms with Crippen LogP contribution < -0.4 is 9.64 Å². The van der Waals surface area contributed by atoms with Crippen molar-refractivity contribution in [2.75, 3.05) is 12.0 Å². The van der Waals surface area contributed by atoms with Gasteiger partial charge in [-0.05, 0) is 62.7 Å². The van der Waals surface area contributed by atoms with E-state index in [0.29, 0.717) is 38.6 Å². The summed E-state index contributed by atoms with van der Waals surface area (Å²) in [5.41, 5.74) is 2.37. The van der Waals surface area contributed by atoms with Gasteiger partial charge in [0.05, 0.1) is 30.4 Å². The van der Waals surface area contributed by atoms with Crippen LogP contribution in [0.25, 0.3) is 11.0 Å². The first-order valence-electron chi connectivity index (χ1n) is 12.5. The molecule has 1 amide bonds. The average Bonchev–Trinajstić information content (AvgIpc) is 3.46. The van der Waals surface area contributed by atoms with E-state index in [4.69, 9.17) is 25.5 Å². The molecule has 1 unspecified atom stereocenters. The quantitative estimate of drug-likeness (QED) is 0.197. The molecule has 1 atom stereocenters. The lowest BCUT2D eigenvalue weighted by Crippen LogP contribution is -2.31. The molecule has 0 spiro atoms. The maximum absolute atomic E-state index is 13.9. The van der Waals surface area contributed by atoms with Crippen molar-refractivity contribution in [3.8, 4) is 5.75 Å². The smallest absolute Gasteiger partial charge is 0.338 e. The highest BCUT2D eigenvalue weighted by atomic mass is 35.5. The van der Waals surface area contributed by atoms with Crippen molar-refractivity contribution in [1.82, 2.24) is 0 Å². The Morgan fingerprint density at radius 1 is 1.05 bits per heavy atom. The van der Waals surface area contributed by atoms with E-state index in [0.717, 1.165) is 5.56 Å². The lowest BCUT2D eigenvalue weighted by Gasteiger charge is -2.27. The van der Waals surface area contributed by atoms with Gasteiger partial charge < -0.3 is 19.0 Å². The summed E-state index contributed by atoms with van der Waals surface area (Å²) in [6.07, 6.45) is -0.290. The highest BCUT2D eigenvalue weighted by molar-refractivity contribution is 6.31. The first-order valence-corrected chi connectivity index (χ1v) is 12.9. The summed E-state index contributed by atoms with van der Waals surface area (Å²) in [5, 5.41) is 12.0. The fourth-order valence-corrected chi connectivity index (χ4v) is 5.00. The Morgan fingerprint density at radius 3 is 2.42 bits per heavy atom. The summed E-state index contributed by atoms with van der Waals surface area (Å²) >= 11 is 6.18. The molecule has 0 saturated carbocycles. The van der Waals surface area contributed by atoms with Crippen molar-refractivity contribution in [2.24, 2.45) is 0 Å².